The first kappa shape index (κ1) is 14.8. The molecule has 3 nitrogen and oxygen atoms in total. The highest BCUT2D eigenvalue weighted by atomic mass is 35.5. The fourth-order valence-corrected chi connectivity index (χ4v) is 2.56. The van der Waals surface area contributed by atoms with Crippen molar-refractivity contribution in [2.75, 3.05) is 14.2 Å². The van der Waals surface area contributed by atoms with E-state index in [0.717, 1.165) is 22.6 Å². The average molecular weight is 291 g/mol. The molecule has 0 aliphatic heterocycles. The van der Waals surface area contributed by atoms with Crippen molar-refractivity contribution in [3.05, 3.63) is 58.2 Å². The van der Waals surface area contributed by atoms with Crippen molar-refractivity contribution in [3.8, 4) is 5.88 Å². The van der Waals surface area contributed by atoms with E-state index < -0.39 is 0 Å². The fraction of sp³-hybridized carbons (Fsp3) is 0.312. The van der Waals surface area contributed by atoms with Gasteiger partial charge in [-0.1, -0.05) is 29.8 Å². The molecule has 0 bridgehead atoms. The van der Waals surface area contributed by atoms with E-state index in [-0.39, 0.29) is 6.04 Å². The maximum atomic E-state index is 6.32. The van der Waals surface area contributed by atoms with E-state index in [1.807, 2.05) is 32.2 Å². The first-order valence-corrected chi connectivity index (χ1v) is 6.94. The summed E-state index contributed by atoms with van der Waals surface area (Å²) in [7, 11) is 3.57. The summed E-state index contributed by atoms with van der Waals surface area (Å²) < 4.78 is 5.33. The van der Waals surface area contributed by atoms with Gasteiger partial charge < -0.3 is 10.1 Å². The van der Waals surface area contributed by atoms with Gasteiger partial charge in [0.1, 0.15) is 0 Å². The number of nitrogens with one attached hydrogen (secondary N) is 1. The van der Waals surface area contributed by atoms with Crippen LogP contribution >= 0.6 is 11.6 Å². The Bertz CT molecular complexity index is 586. The Morgan fingerprint density at radius 3 is 2.80 bits per heavy atom. The first-order valence-electron chi connectivity index (χ1n) is 6.57. The maximum Gasteiger partial charge on any atom is 0.217 e. The van der Waals surface area contributed by atoms with Gasteiger partial charge in [0.25, 0.3) is 0 Å². The van der Waals surface area contributed by atoms with Gasteiger partial charge in [0.05, 0.1) is 7.11 Å². The van der Waals surface area contributed by atoms with Crippen molar-refractivity contribution in [3.63, 3.8) is 0 Å². The molecule has 1 atom stereocenters. The largest absolute Gasteiger partial charge is 0.481 e. The van der Waals surface area contributed by atoms with Crippen LogP contribution in [0.15, 0.2) is 36.5 Å². The number of halogens is 1. The van der Waals surface area contributed by atoms with Crippen LogP contribution in [-0.2, 0) is 6.42 Å². The van der Waals surface area contributed by atoms with Crippen molar-refractivity contribution in [1.82, 2.24) is 10.3 Å². The molecule has 0 fully saturated rings. The minimum atomic E-state index is 0.110. The summed E-state index contributed by atoms with van der Waals surface area (Å²) in [6.07, 6.45) is 2.52. The molecule has 106 valence electrons. The van der Waals surface area contributed by atoms with Crippen LogP contribution in [0.4, 0.5) is 0 Å². The molecular weight excluding hydrogens is 272 g/mol. The zero-order chi connectivity index (χ0) is 14.5. The average Bonchev–Trinajstić information content (AvgIpc) is 2.46. The van der Waals surface area contributed by atoms with Crippen LogP contribution in [0, 0.1) is 6.92 Å². The highest BCUT2D eigenvalue weighted by Gasteiger charge is 2.16. The molecule has 0 radical (unpaired) electrons. The number of hydrogen-bond donors (Lipinski definition) is 1. The number of methoxy groups -OCH3 is 1. The lowest BCUT2D eigenvalue weighted by Gasteiger charge is -2.19. The lowest BCUT2D eigenvalue weighted by Crippen LogP contribution is -2.20. The quantitative estimate of drug-likeness (QED) is 0.914. The number of pyridine rings is 1. The van der Waals surface area contributed by atoms with Gasteiger partial charge in [0.2, 0.25) is 5.88 Å². The van der Waals surface area contributed by atoms with Gasteiger partial charge >= 0.3 is 0 Å². The van der Waals surface area contributed by atoms with Crippen molar-refractivity contribution in [2.45, 2.75) is 19.4 Å². The summed E-state index contributed by atoms with van der Waals surface area (Å²) in [5.41, 5.74) is 3.32. The Labute approximate surface area is 124 Å². The summed E-state index contributed by atoms with van der Waals surface area (Å²) in [5, 5.41) is 4.10. The van der Waals surface area contributed by atoms with Crippen LogP contribution in [0.3, 0.4) is 0 Å². The molecule has 1 aromatic heterocycles. The van der Waals surface area contributed by atoms with Crippen molar-refractivity contribution < 1.29 is 4.74 Å². The molecule has 1 heterocycles. The van der Waals surface area contributed by atoms with E-state index in [1.54, 1.807) is 13.3 Å². The third-order valence-corrected chi connectivity index (χ3v) is 3.70. The second kappa shape index (κ2) is 6.73. The van der Waals surface area contributed by atoms with Gasteiger partial charge in [0, 0.05) is 22.8 Å². The molecule has 1 unspecified atom stereocenters. The minimum absolute atomic E-state index is 0.110. The Morgan fingerprint density at radius 1 is 1.35 bits per heavy atom. The number of likely N-dealkylation sites (N-methyl/N-ethyl adjacent to an activating group) is 1. The zero-order valence-corrected chi connectivity index (χ0v) is 12.7. The van der Waals surface area contributed by atoms with Crippen LogP contribution in [0.1, 0.15) is 22.7 Å². The Morgan fingerprint density at radius 2 is 2.15 bits per heavy atom. The van der Waals surface area contributed by atoms with Crippen molar-refractivity contribution in [2.24, 2.45) is 0 Å². The molecule has 0 amide bonds. The highest BCUT2D eigenvalue weighted by molar-refractivity contribution is 6.31. The van der Waals surface area contributed by atoms with Crippen LogP contribution in [0.25, 0.3) is 0 Å². The van der Waals surface area contributed by atoms with E-state index in [2.05, 4.69) is 22.4 Å². The fourth-order valence-electron chi connectivity index (χ4n) is 2.24. The molecule has 0 saturated heterocycles. The summed E-state index contributed by atoms with van der Waals surface area (Å²) in [6, 6.07) is 10.2. The van der Waals surface area contributed by atoms with Crippen LogP contribution in [0.5, 0.6) is 5.88 Å². The smallest absolute Gasteiger partial charge is 0.217 e. The lowest BCUT2D eigenvalue weighted by atomic mass is 9.99. The van der Waals surface area contributed by atoms with E-state index in [0.29, 0.717) is 5.88 Å². The lowest BCUT2D eigenvalue weighted by molar-refractivity contribution is 0.384. The molecule has 0 saturated carbocycles. The van der Waals surface area contributed by atoms with Crippen molar-refractivity contribution in [1.29, 1.82) is 0 Å². The second-order valence-electron chi connectivity index (χ2n) is 4.74. The standard InChI is InChI=1S/C16H19ClN2O/c1-11-6-7-12(14(17)9-11)10-15(18-2)13-5-4-8-19-16(13)20-3/h4-9,15,18H,10H2,1-3H3. The SMILES string of the molecule is CNC(Cc1ccc(C)cc1Cl)c1cccnc1OC. The van der Waals surface area contributed by atoms with Crippen LogP contribution < -0.4 is 10.1 Å². The minimum Gasteiger partial charge on any atom is -0.481 e. The number of hydrogen-bond acceptors (Lipinski definition) is 3. The highest BCUT2D eigenvalue weighted by Crippen LogP contribution is 2.28. The number of nitrogens with zero attached hydrogens (tertiary/aromatic N) is 1. The molecule has 0 aliphatic carbocycles. The maximum absolute atomic E-state index is 6.32. The summed E-state index contributed by atoms with van der Waals surface area (Å²) in [5.74, 6) is 0.648. The summed E-state index contributed by atoms with van der Waals surface area (Å²) in [4.78, 5) is 4.25. The van der Waals surface area contributed by atoms with E-state index >= 15 is 0 Å². The van der Waals surface area contributed by atoms with Crippen LogP contribution in [-0.4, -0.2) is 19.1 Å². The molecule has 1 N–H and O–H groups in total. The normalized spacial score (nSPS) is 12.2. The van der Waals surface area contributed by atoms with E-state index in [1.165, 1.54) is 5.56 Å². The molecule has 2 rings (SSSR count). The molecule has 2 aromatic rings. The molecule has 4 heteroatoms. The Balaban J connectivity index is 2.29. The van der Waals surface area contributed by atoms with Gasteiger partial charge in [-0.2, -0.15) is 0 Å². The predicted molar refractivity (Wildman–Crippen MR) is 82.5 cm³/mol. The Hall–Kier alpha value is -1.58. The monoisotopic (exact) mass is 290 g/mol. The van der Waals surface area contributed by atoms with Gasteiger partial charge in [-0.3, -0.25) is 0 Å². The first-order chi connectivity index (χ1) is 9.65. The molecule has 1 aromatic carbocycles. The number of aryl methyl sites for hydroxylation is 1. The van der Waals surface area contributed by atoms with Crippen LogP contribution in [0.2, 0.25) is 5.02 Å². The number of ether oxygens (including phenoxy) is 1. The topological polar surface area (TPSA) is 34.2 Å². The number of rotatable bonds is 5. The van der Waals surface area contributed by atoms with Gasteiger partial charge in [-0.15, -0.1) is 0 Å². The van der Waals surface area contributed by atoms with Gasteiger partial charge in [-0.05, 0) is 43.7 Å². The molecule has 0 aliphatic rings. The second-order valence-corrected chi connectivity index (χ2v) is 5.15. The molecule has 20 heavy (non-hydrogen) atoms. The van der Waals surface area contributed by atoms with Gasteiger partial charge in [-0.25, -0.2) is 4.98 Å². The molecular formula is C16H19ClN2O. The number of aromatic nitrogens is 1. The third kappa shape index (κ3) is 3.30. The Kier molecular flexibility index (Phi) is 4.99. The van der Waals surface area contributed by atoms with E-state index in [9.17, 15) is 0 Å². The van der Waals surface area contributed by atoms with E-state index in [4.69, 9.17) is 16.3 Å². The summed E-state index contributed by atoms with van der Waals surface area (Å²) >= 11 is 6.32. The van der Waals surface area contributed by atoms with Crippen molar-refractivity contribution >= 4 is 11.6 Å². The predicted octanol–water partition coefficient (Wildman–Crippen LogP) is 3.56. The number of benzene rings is 1. The zero-order valence-electron chi connectivity index (χ0n) is 12.0. The third-order valence-electron chi connectivity index (χ3n) is 3.35. The summed E-state index contributed by atoms with van der Waals surface area (Å²) in [6.45, 7) is 2.04. The van der Waals surface area contributed by atoms with Gasteiger partial charge in [0.15, 0.2) is 0 Å². The molecule has 0 spiro atoms.